The van der Waals surface area contributed by atoms with Crippen LogP contribution in [0.2, 0.25) is 5.28 Å². The van der Waals surface area contributed by atoms with Gasteiger partial charge in [0.1, 0.15) is 5.82 Å². The topological polar surface area (TPSA) is 119 Å². The number of hydrogen-bond acceptors (Lipinski definition) is 10. The molecule has 3 aromatic heterocycles. The molecule has 1 fully saturated rings. The summed E-state index contributed by atoms with van der Waals surface area (Å²) in [5.74, 6) is 2.25. The predicted molar refractivity (Wildman–Crippen MR) is 113 cm³/mol. The van der Waals surface area contributed by atoms with Gasteiger partial charge in [0.25, 0.3) is 0 Å². The molecule has 11 nitrogen and oxygen atoms in total. The van der Waals surface area contributed by atoms with E-state index in [0.717, 1.165) is 42.2 Å². The molecule has 164 valence electrons. The Bertz CT molecular complexity index is 1060. The number of carbonyl (C=O) groups excluding carboxylic acids is 2. The molecule has 0 spiro atoms. The number of rotatable bonds is 5. The minimum Gasteiger partial charge on any atom is -0.378 e. The van der Waals surface area contributed by atoms with Crippen molar-refractivity contribution in [2.45, 2.75) is 19.9 Å². The SMILES string of the molecule is CCc1cnc(N(C)Cc2nc3c(N4CCOCC4)nc(Cl)nc3n2C)nc1.O=C=O. The molecule has 0 bridgehead atoms. The Morgan fingerprint density at radius 2 is 1.81 bits per heavy atom. The molecule has 1 aliphatic rings. The summed E-state index contributed by atoms with van der Waals surface area (Å²) in [5.41, 5.74) is 2.58. The lowest BCUT2D eigenvalue weighted by Gasteiger charge is -2.27. The van der Waals surface area contributed by atoms with Gasteiger partial charge >= 0.3 is 6.15 Å². The van der Waals surface area contributed by atoms with Crippen molar-refractivity contribution in [1.82, 2.24) is 29.5 Å². The van der Waals surface area contributed by atoms with E-state index in [1.165, 1.54) is 0 Å². The fraction of sp³-hybridized carbons (Fsp3) is 0.474. The third kappa shape index (κ3) is 5.13. The second-order valence-electron chi connectivity index (χ2n) is 6.86. The van der Waals surface area contributed by atoms with E-state index >= 15 is 0 Å². The van der Waals surface area contributed by atoms with Gasteiger partial charge in [-0.1, -0.05) is 6.92 Å². The Hall–Kier alpha value is -3.14. The predicted octanol–water partition coefficient (Wildman–Crippen LogP) is 1.26. The van der Waals surface area contributed by atoms with Gasteiger partial charge in [-0.2, -0.15) is 19.6 Å². The first kappa shape index (κ1) is 22.5. The Morgan fingerprint density at radius 3 is 2.42 bits per heavy atom. The largest absolute Gasteiger partial charge is 0.378 e. The third-order valence-electron chi connectivity index (χ3n) is 4.90. The van der Waals surface area contributed by atoms with Gasteiger partial charge in [-0.05, 0) is 23.6 Å². The van der Waals surface area contributed by atoms with E-state index in [-0.39, 0.29) is 11.4 Å². The van der Waals surface area contributed by atoms with Crippen LogP contribution in [-0.2, 0) is 34.3 Å². The van der Waals surface area contributed by atoms with Crippen LogP contribution in [0.1, 0.15) is 18.3 Å². The fourth-order valence-electron chi connectivity index (χ4n) is 3.21. The van der Waals surface area contributed by atoms with Crippen LogP contribution in [0.5, 0.6) is 0 Å². The van der Waals surface area contributed by atoms with Crippen LogP contribution >= 0.6 is 11.6 Å². The Labute approximate surface area is 184 Å². The molecule has 3 aromatic rings. The molecule has 0 amide bonds. The molecule has 1 saturated heterocycles. The highest BCUT2D eigenvalue weighted by Crippen LogP contribution is 2.26. The lowest BCUT2D eigenvalue weighted by atomic mass is 10.3. The zero-order valence-corrected chi connectivity index (χ0v) is 18.3. The average Bonchev–Trinajstić information content (AvgIpc) is 3.09. The summed E-state index contributed by atoms with van der Waals surface area (Å²) in [6.07, 6.45) is 4.88. The summed E-state index contributed by atoms with van der Waals surface area (Å²) in [4.78, 5) is 42.9. The lowest BCUT2D eigenvalue weighted by molar-refractivity contribution is -0.191. The first-order valence-corrected chi connectivity index (χ1v) is 10.1. The molecule has 12 heteroatoms. The molecule has 4 rings (SSSR count). The van der Waals surface area contributed by atoms with E-state index in [0.29, 0.717) is 31.4 Å². The van der Waals surface area contributed by atoms with E-state index in [1.807, 2.05) is 36.0 Å². The maximum absolute atomic E-state index is 8.12. The van der Waals surface area contributed by atoms with Crippen LogP contribution in [0, 0.1) is 0 Å². The number of aryl methyl sites for hydroxylation is 2. The fourth-order valence-corrected chi connectivity index (χ4v) is 3.37. The summed E-state index contributed by atoms with van der Waals surface area (Å²) < 4.78 is 7.39. The van der Waals surface area contributed by atoms with E-state index in [2.05, 4.69) is 31.8 Å². The molecule has 0 unspecified atom stereocenters. The van der Waals surface area contributed by atoms with E-state index in [9.17, 15) is 0 Å². The van der Waals surface area contributed by atoms with Crippen LogP contribution in [0.4, 0.5) is 11.8 Å². The van der Waals surface area contributed by atoms with Crippen molar-refractivity contribution in [3.63, 3.8) is 0 Å². The minimum absolute atomic E-state index is 0.218. The highest BCUT2D eigenvalue weighted by molar-refractivity contribution is 6.28. The summed E-state index contributed by atoms with van der Waals surface area (Å²) in [7, 11) is 3.88. The average molecular weight is 447 g/mol. The molecule has 0 aliphatic carbocycles. The van der Waals surface area contributed by atoms with Crippen molar-refractivity contribution < 1.29 is 14.3 Å². The van der Waals surface area contributed by atoms with Crippen LogP contribution in [0.15, 0.2) is 12.4 Å². The maximum Gasteiger partial charge on any atom is 0.373 e. The van der Waals surface area contributed by atoms with Gasteiger partial charge in [0.15, 0.2) is 17.0 Å². The second-order valence-corrected chi connectivity index (χ2v) is 7.20. The van der Waals surface area contributed by atoms with Gasteiger partial charge in [-0.3, -0.25) is 0 Å². The van der Waals surface area contributed by atoms with Crippen LogP contribution in [0.25, 0.3) is 11.2 Å². The van der Waals surface area contributed by atoms with E-state index < -0.39 is 0 Å². The highest BCUT2D eigenvalue weighted by Gasteiger charge is 2.22. The molecule has 0 atom stereocenters. The smallest absolute Gasteiger partial charge is 0.373 e. The Balaban J connectivity index is 0.000000858. The number of anilines is 2. The van der Waals surface area contributed by atoms with Gasteiger partial charge in [-0.25, -0.2) is 15.0 Å². The minimum atomic E-state index is 0.218. The van der Waals surface area contributed by atoms with Gasteiger partial charge in [0, 0.05) is 39.6 Å². The second kappa shape index (κ2) is 10.3. The van der Waals surface area contributed by atoms with E-state index in [4.69, 9.17) is 30.9 Å². The number of aromatic nitrogens is 6. The van der Waals surface area contributed by atoms with E-state index in [1.54, 1.807) is 0 Å². The summed E-state index contributed by atoms with van der Waals surface area (Å²) >= 11 is 6.20. The number of morpholine rings is 1. The Kier molecular flexibility index (Phi) is 7.45. The van der Waals surface area contributed by atoms with Crippen LogP contribution in [-0.4, -0.2) is 69.0 Å². The highest BCUT2D eigenvalue weighted by atomic mass is 35.5. The maximum atomic E-state index is 8.12. The lowest BCUT2D eigenvalue weighted by Crippen LogP contribution is -2.37. The van der Waals surface area contributed by atoms with Crippen molar-refractivity contribution in [1.29, 1.82) is 0 Å². The quantitative estimate of drug-likeness (QED) is 0.529. The van der Waals surface area contributed by atoms with Crippen molar-refractivity contribution >= 4 is 40.7 Å². The number of hydrogen-bond donors (Lipinski definition) is 0. The molecule has 31 heavy (non-hydrogen) atoms. The molecule has 1 aliphatic heterocycles. The van der Waals surface area contributed by atoms with Gasteiger partial charge in [-0.15, -0.1) is 0 Å². The third-order valence-corrected chi connectivity index (χ3v) is 5.07. The zero-order chi connectivity index (χ0) is 22.4. The summed E-state index contributed by atoms with van der Waals surface area (Å²) in [6, 6.07) is 0. The number of fused-ring (bicyclic) bond motifs is 1. The van der Waals surface area contributed by atoms with Crippen LogP contribution < -0.4 is 9.80 Å². The van der Waals surface area contributed by atoms with Crippen molar-refractivity contribution in [3.05, 3.63) is 29.1 Å². The van der Waals surface area contributed by atoms with Gasteiger partial charge in [0.2, 0.25) is 11.2 Å². The van der Waals surface area contributed by atoms with Crippen LogP contribution in [0.3, 0.4) is 0 Å². The first-order chi connectivity index (χ1) is 15.0. The molecule has 0 saturated carbocycles. The number of ether oxygens (including phenoxy) is 1. The van der Waals surface area contributed by atoms with Gasteiger partial charge < -0.3 is 19.1 Å². The molecule has 0 radical (unpaired) electrons. The molecule has 4 heterocycles. The zero-order valence-electron chi connectivity index (χ0n) is 17.6. The molecular weight excluding hydrogens is 424 g/mol. The van der Waals surface area contributed by atoms with Crippen molar-refractivity contribution in [2.24, 2.45) is 7.05 Å². The summed E-state index contributed by atoms with van der Waals surface area (Å²) in [5, 5.41) is 0.218. The molecule has 0 N–H and O–H groups in total. The number of imidazole rings is 1. The molecular formula is C19H23ClN8O3. The first-order valence-electron chi connectivity index (χ1n) is 9.71. The summed E-state index contributed by atoms with van der Waals surface area (Å²) in [6.45, 7) is 5.46. The standard InChI is InChI=1S/C18H23ClN8O.CO2/c1-4-12-9-20-18(21-10-12)25(2)11-13-22-14-15(26(13)3)23-17(19)24-16(14)27-5-7-28-8-6-27;2-1-3/h9-10H,4-8,11H2,1-3H3;. The molecule has 0 aromatic carbocycles. The normalized spacial score (nSPS) is 13.5. The monoisotopic (exact) mass is 446 g/mol. The Morgan fingerprint density at radius 1 is 1.16 bits per heavy atom. The van der Waals surface area contributed by atoms with Crippen molar-refractivity contribution in [2.75, 3.05) is 43.2 Å². The van der Waals surface area contributed by atoms with Crippen molar-refractivity contribution in [3.8, 4) is 0 Å². The number of nitrogens with zero attached hydrogens (tertiary/aromatic N) is 8. The number of halogens is 1. The van der Waals surface area contributed by atoms with Gasteiger partial charge in [0.05, 0.1) is 19.8 Å².